The number of carbonyl (C=O) groups excluding carboxylic acids is 1. The number of Topliss-reactive ketones (excluding diaryl/α,β-unsaturated/α-hetero) is 1. The zero-order valence-electron chi connectivity index (χ0n) is 8.81. The van der Waals surface area contributed by atoms with Crippen LogP contribution in [0.15, 0.2) is 0 Å². The minimum absolute atomic E-state index is 0.379. The molecule has 0 aliphatic heterocycles. The fraction of sp³-hybridized carbons (Fsp3) is 0.917. The zero-order valence-corrected chi connectivity index (χ0v) is 8.81. The Labute approximate surface area is 80.9 Å². The molecule has 0 saturated heterocycles. The van der Waals surface area contributed by atoms with Crippen molar-refractivity contribution in [3.63, 3.8) is 0 Å². The van der Waals surface area contributed by atoms with E-state index in [1.54, 1.807) is 6.92 Å². The molecule has 2 aliphatic rings. The number of rotatable bonds is 1. The Morgan fingerprint density at radius 3 is 2.69 bits per heavy atom. The van der Waals surface area contributed by atoms with Gasteiger partial charge in [-0.3, -0.25) is 4.79 Å². The minimum Gasteiger partial charge on any atom is -0.300 e. The highest BCUT2D eigenvalue weighted by Crippen LogP contribution is 2.55. The number of hydrogen-bond acceptors (Lipinski definition) is 1. The van der Waals surface area contributed by atoms with Gasteiger partial charge < -0.3 is 0 Å². The summed E-state index contributed by atoms with van der Waals surface area (Å²) in [4.78, 5) is 11.5. The third-order valence-electron chi connectivity index (χ3n) is 4.54. The van der Waals surface area contributed by atoms with Gasteiger partial charge in [0.25, 0.3) is 0 Å². The largest absolute Gasteiger partial charge is 0.300 e. The van der Waals surface area contributed by atoms with Crippen molar-refractivity contribution in [3.05, 3.63) is 0 Å². The van der Waals surface area contributed by atoms with Gasteiger partial charge in [-0.15, -0.1) is 0 Å². The fourth-order valence-corrected chi connectivity index (χ4v) is 3.73. The molecule has 2 rings (SSSR count). The summed E-state index contributed by atoms with van der Waals surface area (Å²) in [6.45, 7) is 4.14. The number of hydrogen-bond donors (Lipinski definition) is 0. The lowest BCUT2D eigenvalue weighted by atomic mass is 9.65. The second kappa shape index (κ2) is 3.11. The van der Waals surface area contributed by atoms with Gasteiger partial charge in [-0.05, 0) is 43.9 Å². The van der Waals surface area contributed by atoms with Gasteiger partial charge in [0.15, 0.2) is 0 Å². The van der Waals surface area contributed by atoms with Crippen LogP contribution in [0.4, 0.5) is 0 Å². The third kappa shape index (κ3) is 1.33. The minimum atomic E-state index is 0.379. The SMILES string of the molecule is CC(=O)[C@H]1CC[C@@H]2CCCC[C@@]21C. The predicted octanol–water partition coefficient (Wildman–Crippen LogP) is 3.18. The molecule has 0 aromatic carbocycles. The molecule has 1 heteroatoms. The Hall–Kier alpha value is -0.330. The van der Waals surface area contributed by atoms with Gasteiger partial charge in [0.2, 0.25) is 0 Å². The monoisotopic (exact) mass is 180 g/mol. The highest BCUT2D eigenvalue weighted by atomic mass is 16.1. The Balaban J connectivity index is 2.20. The van der Waals surface area contributed by atoms with Gasteiger partial charge in [0.05, 0.1) is 0 Å². The summed E-state index contributed by atoms with van der Waals surface area (Å²) >= 11 is 0. The molecule has 13 heavy (non-hydrogen) atoms. The first-order chi connectivity index (χ1) is 6.14. The number of ketones is 1. The summed E-state index contributed by atoms with van der Waals surface area (Å²) in [6.07, 6.45) is 7.88. The van der Waals surface area contributed by atoms with Crippen LogP contribution in [0.1, 0.15) is 52.4 Å². The molecule has 2 aliphatic carbocycles. The first-order valence-corrected chi connectivity index (χ1v) is 5.65. The van der Waals surface area contributed by atoms with E-state index in [9.17, 15) is 4.79 Å². The van der Waals surface area contributed by atoms with Crippen LogP contribution in [-0.4, -0.2) is 5.78 Å². The van der Waals surface area contributed by atoms with Crippen molar-refractivity contribution >= 4 is 5.78 Å². The van der Waals surface area contributed by atoms with E-state index in [-0.39, 0.29) is 0 Å². The van der Waals surface area contributed by atoms with Crippen LogP contribution in [-0.2, 0) is 4.79 Å². The molecular formula is C12H20O. The van der Waals surface area contributed by atoms with Crippen molar-refractivity contribution in [2.75, 3.05) is 0 Å². The normalized spacial score (nSPS) is 44.5. The Morgan fingerprint density at radius 2 is 2.00 bits per heavy atom. The summed E-state index contributed by atoms with van der Waals surface area (Å²) in [7, 11) is 0. The lowest BCUT2D eigenvalue weighted by molar-refractivity contribution is -0.124. The van der Waals surface area contributed by atoms with Gasteiger partial charge in [0.1, 0.15) is 5.78 Å². The molecule has 0 unspecified atom stereocenters. The molecule has 0 heterocycles. The lowest BCUT2D eigenvalue weighted by Crippen LogP contribution is -2.34. The molecule has 0 aromatic rings. The summed E-state index contributed by atoms with van der Waals surface area (Å²) in [5.74, 6) is 1.68. The van der Waals surface area contributed by atoms with E-state index in [2.05, 4.69) is 6.92 Å². The van der Waals surface area contributed by atoms with Crippen LogP contribution in [0, 0.1) is 17.3 Å². The summed E-state index contributed by atoms with van der Waals surface area (Å²) < 4.78 is 0. The van der Waals surface area contributed by atoms with E-state index in [1.165, 1.54) is 32.1 Å². The van der Waals surface area contributed by atoms with E-state index >= 15 is 0 Å². The van der Waals surface area contributed by atoms with Gasteiger partial charge in [0, 0.05) is 5.92 Å². The summed E-state index contributed by atoms with van der Waals surface area (Å²) in [5, 5.41) is 0. The Bertz CT molecular complexity index is 221. The highest BCUT2D eigenvalue weighted by Gasteiger charge is 2.48. The summed E-state index contributed by atoms with van der Waals surface area (Å²) in [6, 6.07) is 0. The topological polar surface area (TPSA) is 17.1 Å². The fourth-order valence-electron chi connectivity index (χ4n) is 3.73. The maximum absolute atomic E-state index is 11.5. The van der Waals surface area contributed by atoms with Crippen LogP contribution >= 0.6 is 0 Å². The van der Waals surface area contributed by atoms with E-state index < -0.39 is 0 Å². The van der Waals surface area contributed by atoms with Crippen molar-refractivity contribution in [3.8, 4) is 0 Å². The van der Waals surface area contributed by atoms with Gasteiger partial charge in [-0.1, -0.05) is 19.8 Å². The molecule has 0 amide bonds. The smallest absolute Gasteiger partial charge is 0.133 e. The van der Waals surface area contributed by atoms with Crippen LogP contribution in [0.25, 0.3) is 0 Å². The zero-order chi connectivity index (χ0) is 9.47. The average Bonchev–Trinajstić information content (AvgIpc) is 2.41. The standard InChI is InChI=1S/C12H20O/c1-9(13)11-7-6-10-5-3-4-8-12(10,11)2/h10-11H,3-8H2,1-2H3/t10-,11+,12-/m0/s1. The number of fused-ring (bicyclic) bond motifs is 1. The van der Waals surface area contributed by atoms with Crippen LogP contribution < -0.4 is 0 Å². The molecule has 2 saturated carbocycles. The third-order valence-corrected chi connectivity index (χ3v) is 4.54. The molecule has 0 spiro atoms. The maximum atomic E-state index is 11.5. The molecule has 1 nitrogen and oxygen atoms in total. The Kier molecular flexibility index (Phi) is 2.21. The van der Waals surface area contributed by atoms with Crippen LogP contribution in [0.5, 0.6) is 0 Å². The van der Waals surface area contributed by atoms with Crippen LogP contribution in [0.2, 0.25) is 0 Å². The molecular weight excluding hydrogens is 160 g/mol. The number of carbonyl (C=O) groups is 1. The van der Waals surface area contributed by atoms with Gasteiger partial charge in [-0.25, -0.2) is 0 Å². The lowest BCUT2D eigenvalue weighted by Gasteiger charge is -2.39. The highest BCUT2D eigenvalue weighted by molar-refractivity contribution is 5.79. The van der Waals surface area contributed by atoms with E-state index in [1.807, 2.05) is 0 Å². The van der Waals surface area contributed by atoms with Crippen molar-refractivity contribution in [2.24, 2.45) is 17.3 Å². The molecule has 2 fully saturated rings. The van der Waals surface area contributed by atoms with Crippen molar-refractivity contribution in [1.82, 2.24) is 0 Å². The van der Waals surface area contributed by atoms with Gasteiger partial charge >= 0.3 is 0 Å². The Morgan fingerprint density at radius 1 is 1.23 bits per heavy atom. The molecule has 74 valence electrons. The quantitative estimate of drug-likeness (QED) is 0.605. The second-order valence-corrected chi connectivity index (χ2v) is 5.19. The summed E-state index contributed by atoms with van der Waals surface area (Å²) in [5.41, 5.74) is 0.379. The molecule has 3 atom stereocenters. The second-order valence-electron chi connectivity index (χ2n) is 5.19. The predicted molar refractivity (Wildman–Crippen MR) is 53.5 cm³/mol. The maximum Gasteiger partial charge on any atom is 0.133 e. The molecule has 0 N–H and O–H groups in total. The first kappa shape index (κ1) is 9.23. The van der Waals surface area contributed by atoms with E-state index in [0.717, 1.165) is 12.3 Å². The molecule has 0 radical (unpaired) electrons. The van der Waals surface area contributed by atoms with Crippen molar-refractivity contribution in [1.29, 1.82) is 0 Å². The van der Waals surface area contributed by atoms with E-state index in [4.69, 9.17) is 0 Å². The van der Waals surface area contributed by atoms with Crippen molar-refractivity contribution in [2.45, 2.75) is 52.4 Å². The van der Waals surface area contributed by atoms with Crippen LogP contribution in [0.3, 0.4) is 0 Å². The van der Waals surface area contributed by atoms with Gasteiger partial charge in [-0.2, -0.15) is 0 Å². The average molecular weight is 180 g/mol. The molecule has 0 aromatic heterocycles. The van der Waals surface area contributed by atoms with E-state index in [0.29, 0.717) is 17.1 Å². The molecule has 0 bridgehead atoms. The first-order valence-electron chi connectivity index (χ1n) is 5.65. The van der Waals surface area contributed by atoms with Crippen molar-refractivity contribution < 1.29 is 4.79 Å².